The number of hydrogen-bond acceptors (Lipinski definition) is 3. The minimum Gasteiger partial charge on any atom is -0.353 e. The summed E-state index contributed by atoms with van der Waals surface area (Å²) in [6.45, 7) is 1.64. The van der Waals surface area contributed by atoms with Crippen LogP contribution in [0.5, 0.6) is 0 Å². The lowest BCUT2D eigenvalue weighted by atomic mass is 10.1. The van der Waals surface area contributed by atoms with E-state index in [9.17, 15) is 0 Å². The highest BCUT2D eigenvalue weighted by Crippen LogP contribution is 2.14. The van der Waals surface area contributed by atoms with E-state index in [1.807, 2.05) is 12.4 Å². The Bertz CT molecular complexity index is 283. The lowest BCUT2D eigenvalue weighted by Crippen LogP contribution is -2.22. The smallest absolute Gasteiger partial charge is 0.157 e. The van der Waals surface area contributed by atoms with E-state index in [4.69, 9.17) is 9.47 Å². The van der Waals surface area contributed by atoms with Crippen LogP contribution in [-0.2, 0) is 15.9 Å². The first-order chi connectivity index (χ1) is 7.95. The molecule has 1 aliphatic heterocycles. The minimum atomic E-state index is 0.0474. The molecule has 16 heavy (non-hydrogen) atoms. The summed E-state index contributed by atoms with van der Waals surface area (Å²) >= 11 is 0. The van der Waals surface area contributed by atoms with Gasteiger partial charge in [-0.05, 0) is 49.8 Å². The van der Waals surface area contributed by atoms with Gasteiger partial charge >= 0.3 is 0 Å². The van der Waals surface area contributed by atoms with Gasteiger partial charge in [-0.2, -0.15) is 0 Å². The largest absolute Gasteiger partial charge is 0.353 e. The molecule has 88 valence electrons. The molecule has 2 heterocycles. The molecule has 0 N–H and O–H groups in total. The molecule has 0 radical (unpaired) electrons. The summed E-state index contributed by atoms with van der Waals surface area (Å²) in [5, 5.41) is 0. The van der Waals surface area contributed by atoms with Gasteiger partial charge in [0.25, 0.3) is 0 Å². The zero-order valence-corrected chi connectivity index (χ0v) is 9.60. The van der Waals surface area contributed by atoms with Crippen LogP contribution in [0.4, 0.5) is 0 Å². The van der Waals surface area contributed by atoms with Crippen LogP contribution in [0.2, 0.25) is 0 Å². The van der Waals surface area contributed by atoms with Crippen LogP contribution in [0.15, 0.2) is 24.5 Å². The molecule has 1 aliphatic rings. The van der Waals surface area contributed by atoms with Crippen LogP contribution in [0.25, 0.3) is 0 Å². The van der Waals surface area contributed by atoms with E-state index < -0.39 is 0 Å². The average Bonchev–Trinajstić information content (AvgIpc) is 2.37. The van der Waals surface area contributed by atoms with Gasteiger partial charge in [-0.15, -0.1) is 0 Å². The molecular formula is C13H19NO2. The minimum absolute atomic E-state index is 0.0474. The standard InChI is InChI=1S/C13H19NO2/c1-2-10-15-13(5-1)16-11-3-4-12-6-8-14-9-7-12/h6-9,13H,1-5,10-11H2. The lowest BCUT2D eigenvalue weighted by molar-refractivity contribution is -0.162. The Morgan fingerprint density at radius 1 is 1.31 bits per heavy atom. The highest BCUT2D eigenvalue weighted by Gasteiger charge is 2.13. The van der Waals surface area contributed by atoms with Crippen molar-refractivity contribution in [3.8, 4) is 0 Å². The van der Waals surface area contributed by atoms with Gasteiger partial charge in [0.05, 0.1) is 6.61 Å². The van der Waals surface area contributed by atoms with Crippen molar-refractivity contribution in [2.45, 2.75) is 38.4 Å². The molecule has 1 unspecified atom stereocenters. The van der Waals surface area contributed by atoms with E-state index >= 15 is 0 Å². The molecule has 1 aromatic heterocycles. The highest BCUT2D eigenvalue weighted by atomic mass is 16.7. The fourth-order valence-electron chi connectivity index (χ4n) is 1.88. The number of ether oxygens (including phenoxy) is 2. The predicted octanol–water partition coefficient (Wildman–Crippen LogP) is 2.56. The summed E-state index contributed by atoms with van der Waals surface area (Å²) in [4.78, 5) is 4.00. The molecular weight excluding hydrogens is 202 g/mol. The Balaban J connectivity index is 1.58. The van der Waals surface area contributed by atoms with E-state index in [-0.39, 0.29) is 6.29 Å². The zero-order chi connectivity index (χ0) is 11.1. The van der Waals surface area contributed by atoms with Crippen LogP contribution in [0.1, 0.15) is 31.2 Å². The lowest BCUT2D eigenvalue weighted by Gasteiger charge is -2.22. The Hall–Kier alpha value is -0.930. The molecule has 0 spiro atoms. The molecule has 3 heteroatoms. The highest BCUT2D eigenvalue weighted by molar-refractivity contribution is 5.09. The number of rotatable bonds is 5. The topological polar surface area (TPSA) is 31.4 Å². The van der Waals surface area contributed by atoms with Crippen molar-refractivity contribution >= 4 is 0 Å². The molecule has 1 saturated heterocycles. The van der Waals surface area contributed by atoms with Crippen LogP contribution in [0.3, 0.4) is 0 Å². The maximum Gasteiger partial charge on any atom is 0.157 e. The van der Waals surface area contributed by atoms with Crippen molar-refractivity contribution in [3.05, 3.63) is 30.1 Å². The second-order valence-electron chi connectivity index (χ2n) is 4.13. The molecule has 0 amide bonds. The monoisotopic (exact) mass is 221 g/mol. The number of hydrogen-bond donors (Lipinski definition) is 0. The fraction of sp³-hybridized carbons (Fsp3) is 0.615. The van der Waals surface area contributed by atoms with Gasteiger partial charge < -0.3 is 9.47 Å². The van der Waals surface area contributed by atoms with E-state index in [1.54, 1.807) is 0 Å². The molecule has 2 rings (SSSR count). The molecule has 0 aromatic carbocycles. The average molecular weight is 221 g/mol. The zero-order valence-electron chi connectivity index (χ0n) is 9.60. The Morgan fingerprint density at radius 3 is 2.94 bits per heavy atom. The normalized spacial score (nSPS) is 20.9. The molecule has 0 bridgehead atoms. The summed E-state index contributed by atoms with van der Waals surface area (Å²) in [5.41, 5.74) is 1.32. The van der Waals surface area contributed by atoms with E-state index in [2.05, 4.69) is 17.1 Å². The second-order valence-corrected chi connectivity index (χ2v) is 4.13. The number of aryl methyl sites for hydroxylation is 1. The van der Waals surface area contributed by atoms with Crippen molar-refractivity contribution < 1.29 is 9.47 Å². The maximum absolute atomic E-state index is 5.67. The molecule has 1 atom stereocenters. The van der Waals surface area contributed by atoms with Gasteiger partial charge in [0.2, 0.25) is 0 Å². The first-order valence-corrected chi connectivity index (χ1v) is 6.07. The summed E-state index contributed by atoms with van der Waals surface area (Å²) in [6, 6.07) is 4.11. The number of aromatic nitrogens is 1. The predicted molar refractivity (Wildman–Crippen MR) is 62.1 cm³/mol. The van der Waals surface area contributed by atoms with Crippen LogP contribution >= 0.6 is 0 Å². The van der Waals surface area contributed by atoms with Crippen molar-refractivity contribution in [3.63, 3.8) is 0 Å². The van der Waals surface area contributed by atoms with Gasteiger partial charge in [-0.25, -0.2) is 0 Å². The van der Waals surface area contributed by atoms with E-state index in [0.717, 1.165) is 32.5 Å². The van der Waals surface area contributed by atoms with Crippen LogP contribution in [0, 0.1) is 0 Å². The molecule has 1 aromatic rings. The van der Waals surface area contributed by atoms with Crippen molar-refractivity contribution in [2.75, 3.05) is 13.2 Å². The second kappa shape index (κ2) is 6.61. The van der Waals surface area contributed by atoms with Gasteiger partial charge in [-0.1, -0.05) is 0 Å². The van der Waals surface area contributed by atoms with Gasteiger partial charge in [0.15, 0.2) is 6.29 Å². The Morgan fingerprint density at radius 2 is 2.19 bits per heavy atom. The van der Waals surface area contributed by atoms with Crippen molar-refractivity contribution in [1.82, 2.24) is 4.98 Å². The number of pyridine rings is 1. The Kier molecular flexibility index (Phi) is 4.77. The van der Waals surface area contributed by atoms with Crippen molar-refractivity contribution in [1.29, 1.82) is 0 Å². The summed E-state index contributed by atoms with van der Waals surface area (Å²) in [5.74, 6) is 0. The quantitative estimate of drug-likeness (QED) is 0.716. The van der Waals surface area contributed by atoms with Crippen LogP contribution < -0.4 is 0 Å². The molecule has 0 aliphatic carbocycles. The molecule has 1 fully saturated rings. The van der Waals surface area contributed by atoms with Gasteiger partial charge in [0.1, 0.15) is 0 Å². The summed E-state index contributed by atoms with van der Waals surface area (Å²) in [7, 11) is 0. The first kappa shape index (κ1) is 11.6. The summed E-state index contributed by atoms with van der Waals surface area (Å²) in [6.07, 6.45) is 9.27. The fourth-order valence-corrected chi connectivity index (χ4v) is 1.88. The first-order valence-electron chi connectivity index (χ1n) is 6.07. The van der Waals surface area contributed by atoms with Crippen LogP contribution in [-0.4, -0.2) is 24.5 Å². The van der Waals surface area contributed by atoms with Gasteiger partial charge in [0, 0.05) is 19.0 Å². The third-order valence-corrected chi connectivity index (χ3v) is 2.80. The molecule has 0 saturated carbocycles. The third kappa shape index (κ3) is 3.91. The van der Waals surface area contributed by atoms with E-state index in [0.29, 0.717) is 0 Å². The SMILES string of the molecule is c1cc(CCCOC2CCCCO2)ccn1. The number of nitrogens with zero attached hydrogens (tertiary/aromatic N) is 1. The maximum atomic E-state index is 5.67. The third-order valence-electron chi connectivity index (χ3n) is 2.80. The Labute approximate surface area is 96.8 Å². The molecule has 3 nitrogen and oxygen atoms in total. The van der Waals surface area contributed by atoms with Gasteiger partial charge in [-0.3, -0.25) is 4.98 Å². The van der Waals surface area contributed by atoms with E-state index in [1.165, 1.54) is 18.4 Å². The van der Waals surface area contributed by atoms with Crippen molar-refractivity contribution in [2.24, 2.45) is 0 Å². The summed E-state index contributed by atoms with van der Waals surface area (Å²) < 4.78 is 11.2.